The topological polar surface area (TPSA) is 67.7 Å². The first-order valence-corrected chi connectivity index (χ1v) is 7.74. The molecule has 122 valence electrons. The summed E-state index contributed by atoms with van der Waals surface area (Å²) in [7, 11) is 1.65. The van der Waals surface area contributed by atoms with Crippen molar-refractivity contribution in [1.82, 2.24) is 9.97 Å². The summed E-state index contributed by atoms with van der Waals surface area (Å²) >= 11 is 0. The van der Waals surface area contributed by atoms with E-state index in [1.807, 2.05) is 37.3 Å². The quantitative estimate of drug-likeness (QED) is 0.912. The Bertz CT molecular complexity index is 665. The van der Waals surface area contributed by atoms with Gasteiger partial charge in [0.15, 0.2) is 0 Å². The molecule has 1 N–H and O–H groups in total. The number of benzene rings is 1. The number of ether oxygens (including phenoxy) is 2. The van der Waals surface area contributed by atoms with Crippen LogP contribution in [0.3, 0.4) is 0 Å². The first-order valence-electron chi connectivity index (χ1n) is 7.74. The highest BCUT2D eigenvalue weighted by molar-refractivity contribution is 5.47. The zero-order chi connectivity index (χ0) is 16.2. The first kappa shape index (κ1) is 15.6. The average molecular weight is 315 g/mol. The fourth-order valence-corrected chi connectivity index (χ4v) is 2.95. The predicted molar refractivity (Wildman–Crippen MR) is 86.9 cm³/mol. The number of aliphatic hydroxyl groups excluding tert-OH is 1. The van der Waals surface area contributed by atoms with E-state index in [-0.39, 0.29) is 6.04 Å². The minimum absolute atomic E-state index is 0.0458. The van der Waals surface area contributed by atoms with Gasteiger partial charge < -0.3 is 19.5 Å². The molecule has 0 bridgehead atoms. The SMILES string of the molecule is CCOc1cc(N2C[C@@H](O)C[C@H]2c2cccc(OC)c2)ncn1. The Morgan fingerprint density at radius 3 is 2.96 bits per heavy atom. The monoisotopic (exact) mass is 315 g/mol. The van der Waals surface area contributed by atoms with Crippen LogP contribution in [0.2, 0.25) is 0 Å². The summed E-state index contributed by atoms with van der Waals surface area (Å²) in [4.78, 5) is 10.5. The number of β-amino-alcohol motifs (C(OH)–C–C–N with tert-alkyl or cyclic N) is 1. The fraction of sp³-hybridized carbons (Fsp3) is 0.412. The Morgan fingerprint density at radius 1 is 1.30 bits per heavy atom. The maximum atomic E-state index is 10.1. The van der Waals surface area contributed by atoms with Crippen LogP contribution in [0.4, 0.5) is 5.82 Å². The molecule has 1 aliphatic heterocycles. The summed E-state index contributed by atoms with van der Waals surface area (Å²) in [5.41, 5.74) is 1.09. The van der Waals surface area contributed by atoms with E-state index in [0.29, 0.717) is 25.5 Å². The maximum Gasteiger partial charge on any atom is 0.218 e. The lowest BCUT2D eigenvalue weighted by Crippen LogP contribution is -2.25. The van der Waals surface area contributed by atoms with Crippen molar-refractivity contribution in [3.05, 3.63) is 42.2 Å². The maximum absolute atomic E-state index is 10.1. The van der Waals surface area contributed by atoms with Crippen LogP contribution in [0.5, 0.6) is 11.6 Å². The number of methoxy groups -OCH3 is 1. The third-order valence-electron chi connectivity index (χ3n) is 3.97. The summed E-state index contributed by atoms with van der Waals surface area (Å²) in [6.45, 7) is 3.00. The molecule has 1 aliphatic rings. The molecule has 2 atom stereocenters. The van der Waals surface area contributed by atoms with Crippen LogP contribution >= 0.6 is 0 Å². The van der Waals surface area contributed by atoms with Crippen LogP contribution in [-0.2, 0) is 0 Å². The summed E-state index contributed by atoms with van der Waals surface area (Å²) in [5, 5.41) is 10.1. The molecular formula is C17H21N3O3. The number of aromatic nitrogens is 2. The molecule has 6 heteroatoms. The first-order chi connectivity index (χ1) is 11.2. The number of nitrogens with zero attached hydrogens (tertiary/aromatic N) is 3. The molecule has 6 nitrogen and oxygen atoms in total. The van der Waals surface area contributed by atoms with Crippen LogP contribution < -0.4 is 14.4 Å². The highest BCUT2D eigenvalue weighted by Crippen LogP contribution is 2.37. The highest BCUT2D eigenvalue weighted by atomic mass is 16.5. The Hall–Kier alpha value is -2.34. The second-order valence-corrected chi connectivity index (χ2v) is 5.48. The molecule has 1 saturated heterocycles. The number of aliphatic hydroxyl groups is 1. The van der Waals surface area contributed by atoms with Crippen LogP contribution in [-0.4, -0.2) is 41.4 Å². The van der Waals surface area contributed by atoms with Gasteiger partial charge in [-0.3, -0.25) is 0 Å². The van der Waals surface area contributed by atoms with Crippen LogP contribution in [0.15, 0.2) is 36.7 Å². The van der Waals surface area contributed by atoms with E-state index in [2.05, 4.69) is 14.9 Å². The zero-order valence-corrected chi connectivity index (χ0v) is 13.3. The molecule has 1 fully saturated rings. The summed E-state index contributed by atoms with van der Waals surface area (Å²) in [5.74, 6) is 2.11. The molecule has 0 saturated carbocycles. The highest BCUT2D eigenvalue weighted by Gasteiger charge is 2.33. The molecule has 2 heterocycles. The summed E-state index contributed by atoms with van der Waals surface area (Å²) in [6.07, 6.45) is 1.76. The molecule has 0 spiro atoms. The molecule has 0 unspecified atom stereocenters. The van der Waals surface area contributed by atoms with Crippen molar-refractivity contribution in [3.63, 3.8) is 0 Å². The summed E-state index contributed by atoms with van der Waals surface area (Å²) in [6, 6.07) is 9.78. The van der Waals surface area contributed by atoms with Crippen molar-refractivity contribution in [1.29, 1.82) is 0 Å². The zero-order valence-electron chi connectivity index (χ0n) is 13.3. The molecule has 0 amide bonds. The van der Waals surface area contributed by atoms with E-state index in [1.54, 1.807) is 7.11 Å². The van der Waals surface area contributed by atoms with Gasteiger partial charge in [0, 0.05) is 12.6 Å². The van der Waals surface area contributed by atoms with E-state index in [9.17, 15) is 5.11 Å². The number of rotatable bonds is 5. The van der Waals surface area contributed by atoms with Crippen LogP contribution in [0.25, 0.3) is 0 Å². The lowest BCUT2D eigenvalue weighted by Gasteiger charge is -2.26. The molecule has 1 aromatic carbocycles. The Morgan fingerprint density at radius 2 is 2.17 bits per heavy atom. The molecule has 0 radical (unpaired) electrons. The summed E-state index contributed by atoms with van der Waals surface area (Å²) < 4.78 is 10.8. The largest absolute Gasteiger partial charge is 0.497 e. The second kappa shape index (κ2) is 6.83. The second-order valence-electron chi connectivity index (χ2n) is 5.48. The van der Waals surface area contributed by atoms with Gasteiger partial charge in [0.05, 0.1) is 25.9 Å². The van der Waals surface area contributed by atoms with Crippen molar-refractivity contribution < 1.29 is 14.6 Å². The normalized spacial score (nSPS) is 20.6. The van der Waals surface area contributed by atoms with E-state index >= 15 is 0 Å². The Kier molecular flexibility index (Phi) is 4.62. The van der Waals surface area contributed by atoms with Crippen LogP contribution in [0.1, 0.15) is 24.9 Å². The van der Waals surface area contributed by atoms with Gasteiger partial charge in [-0.1, -0.05) is 12.1 Å². The van der Waals surface area contributed by atoms with E-state index in [4.69, 9.17) is 9.47 Å². The minimum atomic E-state index is -0.392. The van der Waals surface area contributed by atoms with Gasteiger partial charge in [0.1, 0.15) is 17.9 Å². The van der Waals surface area contributed by atoms with Crippen molar-refractivity contribution in [3.8, 4) is 11.6 Å². The molecule has 3 rings (SSSR count). The molecule has 2 aromatic rings. The number of hydrogen-bond donors (Lipinski definition) is 1. The predicted octanol–water partition coefficient (Wildman–Crippen LogP) is 2.20. The van der Waals surface area contributed by atoms with Crippen molar-refractivity contribution >= 4 is 5.82 Å². The van der Waals surface area contributed by atoms with Gasteiger partial charge in [-0.15, -0.1) is 0 Å². The van der Waals surface area contributed by atoms with Crippen LogP contribution in [0, 0.1) is 0 Å². The van der Waals surface area contributed by atoms with Gasteiger partial charge in [-0.05, 0) is 31.0 Å². The Labute approximate surface area is 135 Å². The van der Waals surface area contributed by atoms with E-state index < -0.39 is 6.10 Å². The smallest absolute Gasteiger partial charge is 0.218 e. The molecular weight excluding hydrogens is 294 g/mol. The lowest BCUT2D eigenvalue weighted by atomic mass is 10.0. The molecule has 1 aromatic heterocycles. The minimum Gasteiger partial charge on any atom is -0.497 e. The number of anilines is 1. The third kappa shape index (κ3) is 3.37. The average Bonchev–Trinajstić information content (AvgIpc) is 2.97. The molecule has 0 aliphatic carbocycles. The van der Waals surface area contributed by atoms with E-state index in [1.165, 1.54) is 6.33 Å². The van der Waals surface area contributed by atoms with Gasteiger partial charge >= 0.3 is 0 Å². The van der Waals surface area contributed by atoms with Gasteiger partial charge in [-0.2, -0.15) is 0 Å². The van der Waals surface area contributed by atoms with Crippen molar-refractivity contribution in [2.75, 3.05) is 25.2 Å². The standard InChI is InChI=1S/C17H21N3O3/c1-3-23-17-9-16(18-11-19-17)20-10-13(21)8-15(20)12-5-4-6-14(7-12)22-2/h4-7,9,11,13,15,21H,3,8,10H2,1-2H3/t13-,15-/m0/s1. The van der Waals surface area contributed by atoms with Gasteiger partial charge in [-0.25, -0.2) is 9.97 Å². The van der Waals surface area contributed by atoms with Gasteiger partial charge in [0.25, 0.3) is 0 Å². The fourth-order valence-electron chi connectivity index (χ4n) is 2.95. The van der Waals surface area contributed by atoms with Gasteiger partial charge in [0.2, 0.25) is 5.88 Å². The van der Waals surface area contributed by atoms with E-state index in [0.717, 1.165) is 17.1 Å². The molecule has 23 heavy (non-hydrogen) atoms. The van der Waals surface area contributed by atoms with Crippen molar-refractivity contribution in [2.45, 2.75) is 25.5 Å². The lowest BCUT2D eigenvalue weighted by molar-refractivity contribution is 0.194. The number of hydrogen-bond acceptors (Lipinski definition) is 6. The van der Waals surface area contributed by atoms with Crippen molar-refractivity contribution in [2.24, 2.45) is 0 Å². The Balaban J connectivity index is 1.91. The third-order valence-corrected chi connectivity index (χ3v) is 3.97.